The molecule has 1 amide bonds. The summed E-state index contributed by atoms with van der Waals surface area (Å²) in [6.45, 7) is 4.57. The molecule has 0 saturated carbocycles. The molecule has 1 aromatic carbocycles. The molecular formula is C16H22BrNO2. The Kier molecular flexibility index (Phi) is 5.22. The summed E-state index contributed by atoms with van der Waals surface area (Å²) >= 11 is 3.41. The van der Waals surface area contributed by atoms with Gasteiger partial charge in [-0.05, 0) is 50.8 Å². The molecule has 0 radical (unpaired) electrons. The third kappa shape index (κ3) is 3.61. The summed E-state index contributed by atoms with van der Waals surface area (Å²) in [7, 11) is 0. The third-order valence-corrected chi connectivity index (χ3v) is 4.54. The zero-order valence-electron chi connectivity index (χ0n) is 12.1. The van der Waals surface area contributed by atoms with Gasteiger partial charge in [0.05, 0.1) is 12.0 Å². The van der Waals surface area contributed by atoms with Crippen molar-refractivity contribution in [3.63, 3.8) is 0 Å². The largest absolute Gasteiger partial charge is 0.393 e. The SMILES string of the molecule is C[C@H](O)C[C@H]1CCCN1C(=O)[C@H](C)c1ccc(Br)cc1. The van der Waals surface area contributed by atoms with Gasteiger partial charge in [-0.25, -0.2) is 0 Å². The molecule has 2 rings (SSSR count). The van der Waals surface area contributed by atoms with Crippen molar-refractivity contribution in [3.8, 4) is 0 Å². The van der Waals surface area contributed by atoms with Gasteiger partial charge in [-0.1, -0.05) is 28.1 Å². The lowest BCUT2D eigenvalue weighted by Crippen LogP contribution is -2.39. The number of aliphatic hydroxyl groups is 1. The number of aliphatic hydroxyl groups excluding tert-OH is 1. The fraction of sp³-hybridized carbons (Fsp3) is 0.562. The van der Waals surface area contributed by atoms with E-state index in [1.807, 2.05) is 36.1 Å². The summed E-state index contributed by atoms with van der Waals surface area (Å²) in [4.78, 5) is 14.6. The predicted octanol–water partition coefficient (Wildman–Crippen LogP) is 3.31. The van der Waals surface area contributed by atoms with Crippen molar-refractivity contribution in [3.05, 3.63) is 34.3 Å². The quantitative estimate of drug-likeness (QED) is 0.914. The van der Waals surface area contributed by atoms with Crippen LogP contribution in [0.15, 0.2) is 28.7 Å². The van der Waals surface area contributed by atoms with Gasteiger partial charge in [-0.15, -0.1) is 0 Å². The van der Waals surface area contributed by atoms with Gasteiger partial charge in [0.1, 0.15) is 0 Å². The van der Waals surface area contributed by atoms with Crippen LogP contribution in [-0.4, -0.2) is 34.6 Å². The maximum absolute atomic E-state index is 12.7. The molecule has 3 atom stereocenters. The molecule has 0 unspecified atom stereocenters. The summed E-state index contributed by atoms with van der Waals surface area (Å²) in [5.74, 6) is 0.0492. The minimum Gasteiger partial charge on any atom is -0.393 e. The highest BCUT2D eigenvalue weighted by Crippen LogP contribution is 2.27. The second-order valence-corrected chi connectivity index (χ2v) is 6.60. The van der Waals surface area contributed by atoms with Crippen LogP contribution in [0.4, 0.5) is 0 Å². The molecule has 110 valence electrons. The van der Waals surface area contributed by atoms with Crippen molar-refractivity contribution in [1.82, 2.24) is 4.90 Å². The Bertz CT molecular complexity index is 458. The van der Waals surface area contributed by atoms with Crippen molar-refractivity contribution < 1.29 is 9.90 Å². The van der Waals surface area contributed by atoms with Crippen LogP contribution >= 0.6 is 15.9 Å². The number of nitrogens with zero attached hydrogens (tertiary/aromatic N) is 1. The van der Waals surface area contributed by atoms with Crippen LogP contribution in [0, 0.1) is 0 Å². The number of amides is 1. The van der Waals surface area contributed by atoms with E-state index >= 15 is 0 Å². The first kappa shape index (κ1) is 15.5. The van der Waals surface area contributed by atoms with Crippen LogP contribution in [0.25, 0.3) is 0 Å². The highest BCUT2D eigenvalue weighted by Gasteiger charge is 2.32. The highest BCUT2D eigenvalue weighted by atomic mass is 79.9. The number of carbonyl (C=O) groups is 1. The number of benzene rings is 1. The Labute approximate surface area is 129 Å². The fourth-order valence-corrected chi connectivity index (χ4v) is 3.17. The van der Waals surface area contributed by atoms with E-state index in [4.69, 9.17) is 0 Å². The van der Waals surface area contributed by atoms with Crippen molar-refractivity contribution in [2.24, 2.45) is 0 Å². The molecule has 1 aliphatic heterocycles. The Morgan fingerprint density at radius 1 is 1.40 bits per heavy atom. The van der Waals surface area contributed by atoms with Crippen LogP contribution < -0.4 is 0 Å². The van der Waals surface area contributed by atoms with E-state index in [0.717, 1.165) is 29.4 Å². The lowest BCUT2D eigenvalue weighted by Gasteiger charge is -2.28. The number of hydrogen-bond acceptors (Lipinski definition) is 2. The van der Waals surface area contributed by atoms with Crippen molar-refractivity contribution in [1.29, 1.82) is 0 Å². The lowest BCUT2D eigenvalue weighted by atomic mass is 9.98. The Balaban J connectivity index is 2.07. The molecule has 0 aliphatic carbocycles. The molecule has 3 nitrogen and oxygen atoms in total. The summed E-state index contributed by atoms with van der Waals surface area (Å²) in [6, 6.07) is 8.12. The summed E-state index contributed by atoms with van der Waals surface area (Å²) in [5.41, 5.74) is 1.04. The van der Waals surface area contributed by atoms with Crippen molar-refractivity contribution in [2.75, 3.05) is 6.54 Å². The molecule has 1 heterocycles. The number of hydrogen-bond donors (Lipinski definition) is 1. The Morgan fingerprint density at radius 2 is 2.05 bits per heavy atom. The average Bonchev–Trinajstić information content (AvgIpc) is 2.85. The van der Waals surface area contributed by atoms with Crippen molar-refractivity contribution >= 4 is 21.8 Å². The molecule has 4 heteroatoms. The average molecular weight is 340 g/mol. The minimum absolute atomic E-state index is 0.127. The topological polar surface area (TPSA) is 40.5 Å². The van der Waals surface area contributed by atoms with Gasteiger partial charge in [0.15, 0.2) is 0 Å². The second kappa shape index (κ2) is 6.72. The maximum atomic E-state index is 12.7. The molecule has 0 bridgehead atoms. The molecular weight excluding hydrogens is 318 g/mol. The van der Waals surface area contributed by atoms with E-state index in [0.29, 0.717) is 6.42 Å². The standard InChI is InChI=1S/C16H22BrNO2/c1-11(19)10-15-4-3-9-18(15)16(20)12(2)13-5-7-14(17)8-6-13/h5-8,11-12,15,19H,3-4,9-10H2,1-2H3/t11-,12+,15+/m0/s1. The van der Waals surface area contributed by atoms with Gasteiger partial charge in [0.25, 0.3) is 0 Å². The number of rotatable bonds is 4. The van der Waals surface area contributed by atoms with E-state index < -0.39 is 0 Å². The normalized spacial score (nSPS) is 21.8. The van der Waals surface area contributed by atoms with Crippen LogP contribution in [0.2, 0.25) is 0 Å². The first-order valence-electron chi connectivity index (χ1n) is 7.23. The molecule has 1 saturated heterocycles. The third-order valence-electron chi connectivity index (χ3n) is 4.01. The smallest absolute Gasteiger partial charge is 0.230 e. The minimum atomic E-state index is -0.351. The van der Waals surface area contributed by atoms with E-state index in [9.17, 15) is 9.90 Å². The summed E-state index contributed by atoms with van der Waals surface area (Å²) in [5, 5.41) is 9.56. The monoisotopic (exact) mass is 339 g/mol. The molecule has 1 aromatic rings. The number of halogens is 1. The Hall–Kier alpha value is -0.870. The fourth-order valence-electron chi connectivity index (χ4n) is 2.91. The van der Waals surface area contributed by atoms with Crippen LogP contribution in [0.1, 0.15) is 44.6 Å². The molecule has 1 aliphatic rings. The van der Waals surface area contributed by atoms with E-state index in [1.165, 1.54) is 0 Å². The first-order chi connectivity index (χ1) is 9.49. The highest BCUT2D eigenvalue weighted by molar-refractivity contribution is 9.10. The van der Waals surface area contributed by atoms with Gasteiger partial charge in [0, 0.05) is 17.1 Å². The number of carbonyl (C=O) groups excluding carboxylic acids is 1. The first-order valence-corrected chi connectivity index (χ1v) is 8.02. The van der Waals surface area contributed by atoms with Crippen molar-refractivity contribution in [2.45, 2.75) is 51.2 Å². The van der Waals surface area contributed by atoms with E-state index in [1.54, 1.807) is 6.92 Å². The van der Waals surface area contributed by atoms with Gasteiger partial charge < -0.3 is 10.0 Å². The maximum Gasteiger partial charge on any atom is 0.230 e. The second-order valence-electron chi connectivity index (χ2n) is 5.69. The number of likely N-dealkylation sites (tertiary alicyclic amines) is 1. The van der Waals surface area contributed by atoms with E-state index in [2.05, 4.69) is 15.9 Å². The van der Waals surface area contributed by atoms with Gasteiger partial charge in [-0.2, -0.15) is 0 Å². The predicted molar refractivity (Wildman–Crippen MR) is 83.6 cm³/mol. The molecule has 1 N–H and O–H groups in total. The zero-order chi connectivity index (χ0) is 14.7. The molecule has 0 aromatic heterocycles. The van der Waals surface area contributed by atoms with Gasteiger partial charge in [0.2, 0.25) is 5.91 Å². The Morgan fingerprint density at radius 3 is 2.65 bits per heavy atom. The molecule has 1 fully saturated rings. The summed E-state index contributed by atoms with van der Waals surface area (Å²) in [6.07, 6.45) is 2.37. The van der Waals surface area contributed by atoms with Crippen LogP contribution in [0.3, 0.4) is 0 Å². The lowest BCUT2D eigenvalue weighted by molar-refractivity contribution is -0.133. The van der Waals surface area contributed by atoms with E-state index in [-0.39, 0.29) is 24.0 Å². The zero-order valence-corrected chi connectivity index (χ0v) is 13.6. The van der Waals surface area contributed by atoms with Crippen LogP contribution in [0.5, 0.6) is 0 Å². The van der Waals surface area contributed by atoms with Gasteiger partial charge in [-0.3, -0.25) is 4.79 Å². The van der Waals surface area contributed by atoms with Crippen LogP contribution in [-0.2, 0) is 4.79 Å². The molecule has 20 heavy (non-hydrogen) atoms. The summed E-state index contributed by atoms with van der Waals surface area (Å²) < 4.78 is 1.02. The molecule has 0 spiro atoms. The van der Waals surface area contributed by atoms with Gasteiger partial charge >= 0.3 is 0 Å².